The van der Waals surface area contributed by atoms with E-state index in [2.05, 4.69) is 0 Å². The van der Waals surface area contributed by atoms with Gasteiger partial charge in [0.1, 0.15) is 5.75 Å². The Morgan fingerprint density at radius 3 is 2.17 bits per heavy atom. The summed E-state index contributed by atoms with van der Waals surface area (Å²) in [4.78, 5) is 25.0. The van der Waals surface area contributed by atoms with Gasteiger partial charge in [-0.3, -0.25) is 14.5 Å². The van der Waals surface area contributed by atoms with Crippen molar-refractivity contribution in [1.29, 1.82) is 0 Å². The molecule has 0 saturated carbocycles. The topological polar surface area (TPSA) is 77.8 Å². The standard InChI is InChI=1S/C19H21NO4/c1-12-9-13(2)19(14(3)10-12)20(17(22)7-8-18(23)24)15-5-4-6-16(21)11-15/h4-6,9-11,21H,7-8H2,1-3H3,(H,23,24). The molecule has 5 nitrogen and oxygen atoms in total. The van der Waals surface area contributed by atoms with E-state index in [0.29, 0.717) is 5.69 Å². The number of hydrogen-bond donors (Lipinski definition) is 2. The van der Waals surface area contributed by atoms with Crippen LogP contribution in [-0.2, 0) is 9.59 Å². The van der Waals surface area contributed by atoms with Crippen molar-refractivity contribution in [2.75, 3.05) is 4.90 Å². The quantitative estimate of drug-likeness (QED) is 0.874. The molecule has 0 saturated heterocycles. The molecule has 2 N–H and O–H groups in total. The lowest BCUT2D eigenvalue weighted by atomic mass is 10.0. The van der Waals surface area contributed by atoms with Crippen molar-refractivity contribution < 1.29 is 19.8 Å². The number of carbonyl (C=O) groups is 2. The molecule has 0 bridgehead atoms. The zero-order valence-electron chi connectivity index (χ0n) is 14.0. The highest BCUT2D eigenvalue weighted by molar-refractivity contribution is 6.02. The summed E-state index contributed by atoms with van der Waals surface area (Å²) in [6.45, 7) is 5.81. The molecule has 5 heteroatoms. The monoisotopic (exact) mass is 327 g/mol. The van der Waals surface area contributed by atoms with Crippen molar-refractivity contribution in [2.45, 2.75) is 33.6 Å². The largest absolute Gasteiger partial charge is 0.508 e. The predicted molar refractivity (Wildman–Crippen MR) is 92.8 cm³/mol. The van der Waals surface area contributed by atoms with Crippen LogP contribution in [0.4, 0.5) is 11.4 Å². The van der Waals surface area contributed by atoms with Crippen LogP contribution in [0.1, 0.15) is 29.5 Å². The van der Waals surface area contributed by atoms with Gasteiger partial charge in [-0.05, 0) is 44.0 Å². The summed E-state index contributed by atoms with van der Waals surface area (Å²) >= 11 is 0. The summed E-state index contributed by atoms with van der Waals surface area (Å²) in [5.41, 5.74) is 4.16. The van der Waals surface area contributed by atoms with Gasteiger partial charge in [-0.25, -0.2) is 0 Å². The van der Waals surface area contributed by atoms with E-state index >= 15 is 0 Å². The van der Waals surface area contributed by atoms with Crippen LogP contribution in [0.2, 0.25) is 0 Å². The van der Waals surface area contributed by atoms with Gasteiger partial charge in [-0.2, -0.15) is 0 Å². The Morgan fingerprint density at radius 2 is 1.62 bits per heavy atom. The van der Waals surface area contributed by atoms with Crippen molar-refractivity contribution in [3.8, 4) is 5.75 Å². The lowest BCUT2D eigenvalue weighted by molar-refractivity contribution is -0.138. The minimum atomic E-state index is -1.02. The number of aromatic hydroxyl groups is 1. The van der Waals surface area contributed by atoms with Gasteiger partial charge in [-0.15, -0.1) is 0 Å². The number of aliphatic carboxylic acids is 1. The SMILES string of the molecule is Cc1cc(C)c(N(C(=O)CCC(=O)O)c2cccc(O)c2)c(C)c1. The van der Waals surface area contributed by atoms with E-state index in [1.807, 2.05) is 32.9 Å². The van der Waals surface area contributed by atoms with Gasteiger partial charge in [0, 0.05) is 12.5 Å². The normalized spacial score (nSPS) is 10.5. The zero-order valence-corrected chi connectivity index (χ0v) is 14.0. The molecule has 2 rings (SSSR count). The first kappa shape index (κ1) is 17.5. The number of amides is 1. The second kappa shape index (κ2) is 7.17. The molecule has 1 amide bonds. The highest BCUT2D eigenvalue weighted by atomic mass is 16.4. The van der Waals surface area contributed by atoms with Crippen LogP contribution in [0.3, 0.4) is 0 Å². The third kappa shape index (κ3) is 3.93. The van der Waals surface area contributed by atoms with Crippen molar-refractivity contribution >= 4 is 23.3 Å². The molecule has 0 aliphatic heterocycles. The number of aryl methyl sites for hydroxylation is 3. The average molecular weight is 327 g/mol. The smallest absolute Gasteiger partial charge is 0.303 e. The number of carboxylic acid groups (broad SMARTS) is 1. The number of benzene rings is 2. The van der Waals surface area contributed by atoms with Gasteiger partial charge in [0.25, 0.3) is 0 Å². The van der Waals surface area contributed by atoms with Crippen LogP contribution < -0.4 is 4.90 Å². The van der Waals surface area contributed by atoms with E-state index < -0.39 is 5.97 Å². The van der Waals surface area contributed by atoms with Gasteiger partial charge in [0.05, 0.1) is 17.8 Å². The molecular formula is C19H21NO4. The lowest BCUT2D eigenvalue weighted by Crippen LogP contribution is -2.27. The van der Waals surface area contributed by atoms with Crippen molar-refractivity contribution in [3.63, 3.8) is 0 Å². The molecule has 0 unspecified atom stereocenters. The van der Waals surface area contributed by atoms with Crippen LogP contribution in [-0.4, -0.2) is 22.1 Å². The molecule has 0 heterocycles. The van der Waals surface area contributed by atoms with Gasteiger partial charge >= 0.3 is 5.97 Å². The Bertz CT molecular complexity index is 760. The van der Waals surface area contributed by atoms with E-state index in [-0.39, 0.29) is 24.5 Å². The first-order chi connectivity index (χ1) is 11.3. The van der Waals surface area contributed by atoms with E-state index in [4.69, 9.17) is 5.11 Å². The van der Waals surface area contributed by atoms with E-state index in [9.17, 15) is 14.7 Å². The number of nitrogens with zero attached hydrogens (tertiary/aromatic N) is 1. The Balaban J connectivity index is 2.55. The van der Waals surface area contributed by atoms with E-state index in [0.717, 1.165) is 22.4 Å². The first-order valence-corrected chi connectivity index (χ1v) is 7.71. The molecule has 0 atom stereocenters. The molecule has 24 heavy (non-hydrogen) atoms. The fourth-order valence-corrected chi connectivity index (χ4v) is 2.88. The Morgan fingerprint density at radius 1 is 1.00 bits per heavy atom. The van der Waals surface area contributed by atoms with Crippen LogP contribution in [0, 0.1) is 20.8 Å². The van der Waals surface area contributed by atoms with Crippen molar-refractivity contribution in [1.82, 2.24) is 0 Å². The number of hydrogen-bond acceptors (Lipinski definition) is 3. The zero-order chi connectivity index (χ0) is 17.9. The van der Waals surface area contributed by atoms with Gasteiger partial charge in [0.2, 0.25) is 5.91 Å². The lowest BCUT2D eigenvalue weighted by Gasteiger charge is -2.27. The summed E-state index contributed by atoms with van der Waals surface area (Å²) < 4.78 is 0. The predicted octanol–water partition coefficient (Wildman–Crippen LogP) is 3.85. The van der Waals surface area contributed by atoms with Crippen molar-refractivity contribution in [2.24, 2.45) is 0 Å². The minimum absolute atomic E-state index is 0.0472. The minimum Gasteiger partial charge on any atom is -0.508 e. The van der Waals surface area contributed by atoms with Gasteiger partial charge in [0.15, 0.2) is 0 Å². The second-order valence-electron chi connectivity index (χ2n) is 5.89. The van der Waals surface area contributed by atoms with Gasteiger partial charge in [-0.1, -0.05) is 23.8 Å². The molecule has 0 aliphatic carbocycles. The van der Waals surface area contributed by atoms with Crippen LogP contribution in [0.25, 0.3) is 0 Å². The highest BCUT2D eigenvalue weighted by Crippen LogP contribution is 2.34. The van der Waals surface area contributed by atoms with E-state index in [1.54, 1.807) is 12.1 Å². The number of rotatable bonds is 5. The summed E-state index contributed by atoms with van der Waals surface area (Å²) in [6, 6.07) is 10.3. The number of carboxylic acids is 1. The summed E-state index contributed by atoms with van der Waals surface area (Å²) in [6.07, 6.45) is -0.351. The molecule has 0 spiro atoms. The molecule has 126 valence electrons. The molecule has 2 aromatic carbocycles. The van der Waals surface area contributed by atoms with Crippen molar-refractivity contribution in [3.05, 3.63) is 53.1 Å². The maximum absolute atomic E-state index is 12.7. The highest BCUT2D eigenvalue weighted by Gasteiger charge is 2.22. The number of carbonyl (C=O) groups excluding carboxylic acids is 1. The summed E-state index contributed by atoms with van der Waals surface area (Å²) in [7, 11) is 0. The Kier molecular flexibility index (Phi) is 5.24. The maximum atomic E-state index is 12.7. The molecule has 0 radical (unpaired) electrons. The number of phenolic OH excluding ortho intramolecular Hbond substituents is 1. The molecule has 0 fully saturated rings. The first-order valence-electron chi connectivity index (χ1n) is 7.71. The third-order valence-electron chi connectivity index (χ3n) is 3.75. The third-order valence-corrected chi connectivity index (χ3v) is 3.75. The van der Waals surface area contributed by atoms with Crippen LogP contribution in [0.15, 0.2) is 36.4 Å². The summed E-state index contributed by atoms with van der Waals surface area (Å²) in [5, 5.41) is 18.6. The molecular weight excluding hydrogens is 306 g/mol. The molecule has 0 aromatic heterocycles. The second-order valence-corrected chi connectivity index (χ2v) is 5.89. The Labute approximate surface area is 141 Å². The Hall–Kier alpha value is -2.82. The van der Waals surface area contributed by atoms with Gasteiger partial charge < -0.3 is 10.2 Å². The fraction of sp³-hybridized carbons (Fsp3) is 0.263. The average Bonchev–Trinajstić information content (AvgIpc) is 2.48. The number of phenols is 1. The van der Waals surface area contributed by atoms with E-state index in [1.165, 1.54) is 17.0 Å². The number of anilines is 2. The summed E-state index contributed by atoms with van der Waals surface area (Å²) in [5.74, 6) is -1.29. The maximum Gasteiger partial charge on any atom is 0.303 e. The fourth-order valence-electron chi connectivity index (χ4n) is 2.88. The van der Waals surface area contributed by atoms with Crippen LogP contribution in [0.5, 0.6) is 5.75 Å². The molecule has 0 aliphatic rings. The van der Waals surface area contributed by atoms with Crippen LogP contribution >= 0.6 is 0 Å². The molecule has 2 aromatic rings.